The van der Waals surface area contributed by atoms with Crippen molar-refractivity contribution >= 4 is 40.6 Å². The molecular formula is C16H16ClNOS2. The average molecular weight is 338 g/mol. The summed E-state index contributed by atoms with van der Waals surface area (Å²) in [6.45, 7) is 3.34. The molecule has 0 saturated carbocycles. The van der Waals surface area contributed by atoms with Crippen molar-refractivity contribution in [3.63, 3.8) is 0 Å². The molecule has 0 N–H and O–H groups in total. The predicted molar refractivity (Wildman–Crippen MR) is 92.2 cm³/mol. The largest absolute Gasteiger partial charge is 0.341 e. The van der Waals surface area contributed by atoms with Gasteiger partial charge in [-0.2, -0.15) is 0 Å². The van der Waals surface area contributed by atoms with E-state index < -0.39 is 0 Å². The molecule has 5 heteroatoms. The molecule has 0 bridgehead atoms. The maximum Gasteiger partial charge on any atom is 0.219 e. The number of halogens is 1. The van der Waals surface area contributed by atoms with Crippen molar-refractivity contribution in [2.24, 2.45) is 0 Å². The first-order chi connectivity index (χ1) is 10.1. The van der Waals surface area contributed by atoms with Crippen LogP contribution in [0.4, 0.5) is 0 Å². The maximum absolute atomic E-state index is 11.5. The van der Waals surface area contributed by atoms with E-state index in [9.17, 15) is 4.79 Å². The smallest absolute Gasteiger partial charge is 0.219 e. The van der Waals surface area contributed by atoms with Crippen LogP contribution in [-0.4, -0.2) is 29.6 Å². The quantitative estimate of drug-likeness (QED) is 0.791. The fourth-order valence-corrected chi connectivity index (χ4v) is 5.00. The topological polar surface area (TPSA) is 20.3 Å². The Morgan fingerprint density at radius 1 is 1.24 bits per heavy atom. The van der Waals surface area contributed by atoms with Gasteiger partial charge in [-0.3, -0.25) is 4.79 Å². The van der Waals surface area contributed by atoms with E-state index in [1.54, 1.807) is 6.92 Å². The maximum atomic E-state index is 11.5. The van der Waals surface area contributed by atoms with E-state index in [1.165, 1.54) is 15.3 Å². The molecule has 1 aromatic heterocycles. The van der Waals surface area contributed by atoms with Gasteiger partial charge in [-0.1, -0.05) is 23.7 Å². The van der Waals surface area contributed by atoms with E-state index in [-0.39, 0.29) is 5.91 Å². The highest BCUT2D eigenvalue weighted by atomic mass is 35.5. The molecule has 1 atom stereocenters. The Hall–Kier alpha value is -0.970. The summed E-state index contributed by atoms with van der Waals surface area (Å²) in [4.78, 5) is 16.1. The van der Waals surface area contributed by atoms with Gasteiger partial charge in [0, 0.05) is 40.5 Å². The van der Waals surface area contributed by atoms with Gasteiger partial charge in [0.25, 0.3) is 0 Å². The molecular weight excluding hydrogens is 322 g/mol. The van der Waals surface area contributed by atoms with E-state index in [0.29, 0.717) is 5.25 Å². The van der Waals surface area contributed by atoms with Gasteiger partial charge in [0.05, 0.1) is 5.25 Å². The molecule has 1 aliphatic rings. The number of nitrogens with zero attached hydrogens (tertiary/aromatic N) is 1. The molecule has 1 aromatic carbocycles. The van der Waals surface area contributed by atoms with Crippen molar-refractivity contribution in [1.82, 2.24) is 4.90 Å². The van der Waals surface area contributed by atoms with Crippen molar-refractivity contribution < 1.29 is 4.79 Å². The zero-order chi connectivity index (χ0) is 14.8. The van der Waals surface area contributed by atoms with E-state index in [1.807, 2.05) is 52.3 Å². The minimum atomic E-state index is 0.176. The highest BCUT2D eigenvalue weighted by Gasteiger charge is 2.24. The van der Waals surface area contributed by atoms with Crippen molar-refractivity contribution in [1.29, 1.82) is 0 Å². The number of amides is 1. The fourth-order valence-electron chi connectivity index (χ4n) is 2.40. The number of thiophene rings is 1. The van der Waals surface area contributed by atoms with Crippen LogP contribution in [0.3, 0.4) is 0 Å². The molecule has 3 rings (SSSR count). The number of thioether (sulfide) groups is 1. The third-order valence-corrected chi connectivity index (χ3v) is 6.46. The molecule has 21 heavy (non-hydrogen) atoms. The van der Waals surface area contributed by atoms with Gasteiger partial charge >= 0.3 is 0 Å². The van der Waals surface area contributed by atoms with Crippen LogP contribution in [0.5, 0.6) is 0 Å². The van der Waals surface area contributed by atoms with Gasteiger partial charge in [-0.05, 0) is 29.8 Å². The zero-order valence-electron chi connectivity index (χ0n) is 11.7. The summed E-state index contributed by atoms with van der Waals surface area (Å²) in [6.07, 6.45) is 0. The summed E-state index contributed by atoms with van der Waals surface area (Å²) in [5.74, 6) is 1.19. The van der Waals surface area contributed by atoms with Crippen LogP contribution < -0.4 is 0 Å². The molecule has 1 aliphatic heterocycles. The second-order valence-electron chi connectivity index (χ2n) is 5.03. The van der Waals surface area contributed by atoms with Gasteiger partial charge in [0.2, 0.25) is 5.91 Å². The Balaban J connectivity index is 1.78. The number of rotatable bonds is 2. The van der Waals surface area contributed by atoms with Crippen molar-refractivity contribution in [2.75, 3.05) is 18.8 Å². The molecule has 0 radical (unpaired) electrons. The summed E-state index contributed by atoms with van der Waals surface area (Å²) >= 11 is 9.69. The molecule has 0 aliphatic carbocycles. The van der Waals surface area contributed by atoms with Crippen LogP contribution in [0.15, 0.2) is 36.4 Å². The van der Waals surface area contributed by atoms with Gasteiger partial charge in [-0.15, -0.1) is 23.1 Å². The van der Waals surface area contributed by atoms with Crippen LogP contribution in [0.1, 0.15) is 17.1 Å². The molecule has 1 amide bonds. The molecule has 2 heterocycles. The lowest BCUT2D eigenvalue weighted by atomic mass is 10.2. The Kier molecular flexibility index (Phi) is 4.57. The molecule has 1 unspecified atom stereocenters. The minimum absolute atomic E-state index is 0.176. The Labute approximate surface area is 138 Å². The van der Waals surface area contributed by atoms with Crippen LogP contribution in [0, 0.1) is 0 Å². The summed E-state index contributed by atoms with van der Waals surface area (Å²) in [5, 5.41) is 1.16. The van der Waals surface area contributed by atoms with Crippen LogP contribution in [0.2, 0.25) is 5.02 Å². The molecule has 1 fully saturated rings. The first-order valence-corrected chi connectivity index (χ1v) is 9.10. The number of benzene rings is 1. The third-order valence-electron chi connectivity index (χ3n) is 3.58. The minimum Gasteiger partial charge on any atom is -0.341 e. The Morgan fingerprint density at radius 3 is 2.71 bits per heavy atom. The number of carbonyl (C=O) groups is 1. The van der Waals surface area contributed by atoms with Crippen LogP contribution in [0.25, 0.3) is 10.4 Å². The summed E-state index contributed by atoms with van der Waals surface area (Å²) in [7, 11) is 0. The first-order valence-electron chi connectivity index (χ1n) is 6.86. The van der Waals surface area contributed by atoms with Gasteiger partial charge in [-0.25, -0.2) is 0 Å². The second-order valence-corrected chi connectivity index (χ2v) is 7.90. The lowest BCUT2D eigenvalue weighted by molar-refractivity contribution is -0.128. The van der Waals surface area contributed by atoms with Gasteiger partial charge in [0.15, 0.2) is 0 Å². The molecule has 2 aromatic rings. The van der Waals surface area contributed by atoms with Crippen molar-refractivity contribution in [3.05, 3.63) is 46.3 Å². The predicted octanol–water partition coefficient (Wildman–Crippen LogP) is 4.70. The van der Waals surface area contributed by atoms with Crippen LogP contribution in [-0.2, 0) is 4.79 Å². The van der Waals surface area contributed by atoms with E-state index in [4.69, 9.17) is 11.6 Å². The fraction of sp³-hybridized carbons (Fsp3) is 0.312. The van der Waals surface area contributed by atoms with E-state index in [2.05, 4.69) is 12.1 Å². The number of hydrogen-bond donors (Lipinski definition) is 0. The molecule has 110 valence electrons. The first kappa shape index (κ1) is 14.9. The highest BCUT2D eigenvalue weighted by Crippen LogP contribution is 2.39. The summed E-state index contributed by atoms with van der Waals surface area (Å²) < 4.78 is 0. The van der Waals surface area contributed by atoms with Crippen molar-refractivity contribution in [3.8, 4) is 10.4 Å². The lowest BCUT2D eigenvalue weighted by Crippen LogP contribution is -2.37. The van der Waals surface area contributed by atoms with Crippen LogP contribution >= 0.6 is 34.7 Å². The molecule has 2 nitrogen and oxygen atoms in total. The normalized spacial score (nSPS) is 18.8. The monoisotopic (exact) mass is 337 g/mol. The SMILES string of the molecule is CC(=O)N1CCSC(c2ccc(-c3ccc(Cl)cc3)s2)C1. The Bertz CT molecular complexity index is 638. The average Bonchev–Trinajstić information content (AvgIpc) is 2.98. The van der Waals surface area contributed by atoms with E-state index >= 15 is 0 Å². The van der Waals surface area contributed by atoms with Gasteiger partial charge in [0.1, 0.15) is 0 Å². The van der Waals surface area contributed by atoms with E-state index in [0.717, 1.165) is 23.9 Å². The third kappa shape index (κ3) is 3.44. The van der Waals surface area contributed by atoms with Crippen molar-refractivity contribution in [2.45, 2.75) is 12.2 Å². The summed E-state index contributed by atoms with van der Waals surface area (Å²) in [5.41, 5.74) is 1.19. The zero-order valence-corrected chi connectivity index (χ0v) is 14.1. The number of hydrogen-bond acceptors (Lipinski definition) is 3. The molecule has 0 spiro atoms. The standard InChI is InChI=1S/C16H16ClNOS2/c1-11(19)18-8-9-20-16(10-18)15-7-6-14(21-15)12-2-4-13(17)5-3-12/h2-7,16H,8-10H2,1H3. The van der Waals surface area contributed by atoms with Gasteiger partial charge < -0.3 is 4.90 Å². The lowest BCUT2D eigenvalue weighted by Gasteiger charge is -2.31. The second kappa shape index (κ2) is 6.42. The number of carbonyl (C=O) groups excluding carboxylic acids is 1. The highest BCUT2D eigenvalue weighted by molar-refractivity contribution is 7.99. The molecule has 1 saturated heterocycles. The summed E-state index contributed by atoms with van der Waals surface area (Å²) in [6, 6.07) is 12.3. The Morgan fingerprint density at radius 2 is 2.00 bits per heavy atom.